The van der Waals surface area contributed by atoms with Crippen LogP contribution in [0.4, 0.5) is 5.13 Å². The summed E-state index contributed by atoms with van der Waals surface area (Å²) in [6.45, 7) is 4.86. The molecule has 10 heteroatoms. The molecule has 0 radical (unpaired) electrons. The Balaban J connectivity index is 1.86. The number of carbonyl (C=O) groups excluding carboxylic acids is 1. The lowest BCUT2D eigenvalue weighted by molar-refractivity contribution is 0.102. The number of phenolic OH excluding ortho intramolecular Hbond substituents is 1. The second-order valence-electron chi connectivity index (χ2n) is 6.34. The highest BCUT2D eigenvalue weighted by molar-refractivity contribution is 7.89. The van der Waals surface area contributed by atoms with Crippen LogP contribution in [-0.4, -0.2) is 47.0 Å². The standard InChI is InChI=1S/C16H20N4O4S2/c1-10(2)15-18-19-16(25-15)17-14(22)12-9-11(5-6-13(12)21)26(23,24)20-7-3-4-8-20/h5-6,9-10,21H,3-4,7-8H2,1-2H3,(H,17,19,22). The lowest BCUT2D eigenvalue weighted by Crippen LogP contribution is -2.28. The number of carbonyl (C=O) groups is 1. The molecule has 0 spiro atoms. The van der Waals surface area contributed by atoms with Crippen molar-refractivity contribution in [1.82, 2.24) is 14.5 Å². The Morgan fingerprint density at radius 3 is 2.58 bits per heavy atom. The van der Waals surface area contributed by atoms with Crippen molar-refractivity contribution >= 4 is 32.4 Å². The average molecular weight is 396 g/mol. The van der Waals surface area contributed by atoms with Crippen LogP contribution in [0, 0.1) is 0 Å². The lowest BCUT2D eigenvalue weighted by atomic mass is 10.2. The summed E-state index contributed by atoms with van der Waals surface area (Å²) in [4.78, 5) is 12.5. The Hall–Kier alpha value is -2.04. The average Bonchev–Trinajstić information content (AvgIpc) is 3.27. The third-order valence-corrected chi connectivity index (χ3v) is 7.10. The highest BCUT2D eigenvalue weighted by atomic mass is 32.2. The monoisotopic (exact) mass is 396 g/mol. The van der Waals surface area contributed by atoms with Gasteiger partial charge in [-0.05, 0) is 31.0 Å². The molecule has 1 aromatic heterocycles. The van der Waals surface area contributed by atoms with Crippen LogP contribution in [0.3, 0.4) is 0 Å². The van der Waals surface area contributed by atoms with Gasteiger partial charge in [-0.1, -0.05) is 25.2 Å². The van der Waals surface area contributed by atoms with E-state index in [0.29, 0.717) is 18.2 Å². The van der Waals surface area contributed by atoms with Gasteiger partial charge >= 0.3 is 0 Å². The largest absolute Gasteiger partial charge is 0.507 e. The van der Waals surface area contributed by atoms with Crippen molar-refractivity contribution in [3.05, 3.63) is 28.8 Å². The topological polar surface area (TPSA) is 112 Å². The highest BCUT2D eigenvalue weighted by Crippen LogP contribution is 2.28. The van der Waals surface area contributed by atoms with Crippen molar-refractivity contribution in [2.45, 2.75) is 37.5 Å². The maximum atomic E-state index is 12.6. The molecule has 0 atom stereocenters. The molecule has 1 aliphatic heterocycles. The zero-order valence-electron chi connectivity index (χ0n) is 14.5. The molecule has 1 aliphatic rings. The maximum Gasteiger partial charge on any atom is 0.261 e. The molecule has 2 N–H and O–H groups in total. The third-order valence-electron chi connectivity index (χ3n) is 4.07. The van der Waals surface area contributed by atoms with Gasteiger partial charge in [-0.2, -0.15) is 4.31 Å². The molecule has 3 rings (SSSR count). The molecule has 26 heavy (non-hydrogen) atoms. The fourth-order valence-electron chi connectivity index (χ4n) is 2.62. The fourth-order valence-corrected chi connectivity index (χ4v) is 4.90. The van der Waals surface area contributed by atoms with Crippen LogP contribution in [0.5, 0.6) is 5.75 Å². The summed E-state index contributed by atoms with van der Waals surface area (Å²) >= 11 is 1.24. The van der Waals surface area contributed by atoms with Crippen LogP contribution >= 0.6 is 11.3 Å². The minimum absolute atomic E-state index is 0.0116. The maximum absolute atomic E-state index is 12.6. The summed E-state index contributed by atoms with van der Waals surface area (Å²) < 4.78 is 26.7. The fraction of sp³-hybridized carbons (Fsp3) is 0.438. The molecule has 1 amide bonds. The van der Waals surface area contributed by atoms with Gasteiger partial charge in [0.25, 0.3) is 5.91 Å². The molecule has 0 aliphatic carbocycles. The molecule has 0 unspecified atom stereocenters. The number of sulfonamides is 1. The van der Waals surface area contributed by atoms with E-state index in [1.807, 2.05) is 13.8 Å². The van der Waals surface area contributed by atoms with E-state index in [2.05, 4.69) is 15.5 Å². The molecule has 0 bridgehead atoms. The molecular weight excluding hydrogens is 376 g/mol. The van der Waals surface area contributed by atoms with E-state index >= 15 is 0 Å². The number of nitrogens with zero attached hydrogens (tertiary/aromatic N) is 3. The first kappa shape index (κ1) is 18.7. The van der Waals surface area contributed by atoms with E-state index in [1.165, 1.54) is 33.8 Å². The molecular formula is C16H20N4O4S2. The van der Waals surface area contributed by atoms with Crippen molar-refractivity contribution in [3.63, 3.8) is 0 Å². The zero-order chi connectivity index (χ0) is 18.9. The van der Waals surface area contributed by atoms with E-state index in [1.54, 1.807) is 0 Å². The van der Waals surface area contributed by atoms with Crippen LogP contribution < -0.4 is 5.32 Å². The van der Waals surface area contributed by atoms with Crippen LogP contribution in [0.25, 0.3) is 0 Å². The van der Waals surface area contributed by atoms with Gasteiger partial charge in [-0.15, -0.1) is 10.2 Å². The van der Waals surface area contributed by atoms with E-state index < -0.39 is 15.9 Å². The van der Waals surface area contributed by atoms with Gasteiger partial charge in [-0.3, -0.25) is 10.1 Å². The van der Waals surface area contributed by atoms with E-state index in [0.717, 1.165) is 17.8 Å². The number of aromatic nitrogens is 2. The van der Waals surface area contributed by atoms with Gasteiger partial charge in [0.2, 0.25) is 15.2 Å². The molecule has 8 nitrogen and oxygen atoms in total. The zero-order valence-corrected chi connectivity index (χ0v) is 16.1. The van der Waals surface area contributed by atoms with Gasteiger partial charge in [0.05, 0.1) is 10.5 Å². The van der Waals surface area contributed by atoms with Crippen LogP contribution in [0.15, 0.2) is 23.1 Å². The lowest BCUT2D eigenvalue weighted by Gasteiger charge is -2.16. The third kappa shape index (κ3) is 3.71. The Morgan fingerprint density at radius 1 is 1.27 bits per heavy atom. The molecule has 1 aromatic carbocycles. The predicted molar refractivity (Wildman–Crippen MR) is 98.1 cm³/mol. The Bertz CT molecular complexity index is 918. The molecule has 1 fully saturated rings. The smallest absolute Gasteiger partial charge is 0.261 e. The molecule has 0 saturated carbocycles. The minimum atomic E-state index is -3.67. The number of nitrogens with one attached hydrogen (secondary N) is 1. The van der Waals surface area contributed by atoms with E-state index in [9.17, 15) is 18.3 Å². The Labute approximate surface area is 155 Å². The number of rotatable bonds is 5. The van der Waals surface area contributed by atoms with Crippen molar-refractivity contribution in [1.29, 1.82) is 0 Å². The SMILES string of the molecule is CC(C)c1nnc(NC(=O)c2cc(S(=O)(=O)N3CCCC3)ccc2O)s1. The normalized spacial score (nSPS) is 15.5. The van der Waals surface area contributed by atoms with Gasteiger partial charge in [0.1, 0.15) is 10.8 Å². The summed E-state index contributed by atoms with van der Waals surface area (Å²) in [6, 6.07) is 3.72. The van der Waals surface area contributed by atoms with Crippen LogP contribution in [0.2, 0.25) is 0 Å². The molecule has 2 aromatic rings. The second kappa shape index (κ2) is 7.29. The summed E-state index contributed by atoms with van der Waals surface area (Å²) in [7, 11) is -3.67. The number of hydrogen-bond donors (Lipinski definition) is 2. The van der Waals surface area contributed by atoms with Crippen molar-refractivity contribution in [3.8, 4) is 5.75 Å². The van der Waals surface area contributed by atoms with E-state index in [4.69, 9.17) is 0 Å². The minimum Gasteiger partial charge on any atom is -0.507 e. The number of hydrogen-bond acceptors (Lipinski definition) is 7. The van der Waals surface area contributed by atoms with E-state index in [-0.39, 0.29) is 22.1 Å². The number of phenols is 1. The summed E-state index contributed by atoms with van der Waals surface area (Å²) in [5.41, 5.74) is -0.119. The first-order valence-corrected chi connectivity index (χ1v) is 10.5. The summed E-state index contributed by atoms with van der Waals surface area (Å²) in [5.74, 6) is -0.746. The summed E-state index contributed by atoms with van der Waals surface area (Å²) in [6.07, 6.45) is 1.64. The number of benzene rings is 1. The Kier molecular flexibility index (Phi) is 5.26. The predicted octanol–water partition coefficient (Wildman–Crippen LogP) is 2.40. The number of aromatic hydroxyl groups is 1. The number of amides is 1. The summed E-state index contributed by atoms with van der Waals surface area (Å²) in [5, 5.41) is 21.5. The molecule has 1 saturated heterocycles. The second-order valence-corrected chi connectivity index (χ2v) is 9.29. The first-order chi connectivity index (χ1) is 12.3. The van der Waals surface area contributed by atoms with Crippen molar-refractivity contribution in [2.24, 2.45) is 0 Å². The van der Waals surface area contributed by atoms with Gasteiger partial charge in [0.15, 0.2) is 0 Å². The van der Waals surface area contributed by atoms with Crippen LogP contribution in [0.1, 0.15) is 48.0 Å². The first-order valence-electron chi connectivity index (χ1n) is 8.27. The highest BCUT2D eigenvalue weighted by Gasteiger charge is 2.28. The van der Waals surface area contributed by atoms with Crippen molar-refractivity contribution in [2.75, 3.05) is 18.4 Å². The van der Waals surface area contributed by atoms with Crippen molar-refractivity contribution < 1.29 is 18.3 Å². The Morgan fingerprint density at radius 2 is 1.96 bits per heavy atom. The number of anilines is 1. The molecule has 2 heterocycles. The molecule has 140 valence electrons. The van der Waals surface area contributed by atoms with Gasteiger partial charge in [-0.25, -0.2) is 8.42 Å². The van der Waals surface area contributed by atoms with Gasteiger partial charge < -0.3 is 5.11 Å². The quantitative estimate of drug-likeness (QED) is 0.802. The van der Waals surface area contributed by atoms with Gasteiger partial charge in [0, 0.05) is 19.0 Å². The van der Waals surface area contributed by atoms with Crippen LogP contribution in [-0.2, 0) is 10.0 Å².